The van der Waals surface area contributed by atoms with E-state index >= 15 is 0 Å². The zero-order valence-corrected chi connectivity index (χ0v) is 21.3. The lowest BCUT2D eigenvalue weighted by atomic mass is 9.97. The van der Waals surface area contributed by atoms with Gasteiger partial charge in [0.2, 0.25) is 0 Å². The first kappa shape index (κ1) is 29.1. The van der Waals surface area contributed by atoms with Gasteiger partial charge in [0.1, 0.15) is 29.1 Å². The second-order valence-corrected chi connectivity index (χ2v) is 9.49. The van der Waals surface area contributed by atoms with E-state index in [2.05, 4.69) is 4.98 Å². The number of carbonyl (C=O) groups excluding carboxylic acids is 3. The predicted octanol–water partition coefficient (Wildman–Crippen LogP) is 4.45. The van der Waals surface area contributed by atoms with Crippen molar-refractivity contribution in [3.63, 3.8) is 0 Å². The molecule has 9 nitrogen and oxygen atoms in total. The number of ether oxygens (including phenoxy) is 2. The highest BCUT2D eigenvalue weighted by Gasteiger charge is 2.34. The Morgan fingerprint density at radius 1 is 1.08 bits per heavy atom. The summed E-state index contributed by atoms with van der Waals surface area (Å²) in [7, 11) is 1.46. The molecule has 0 radical (unpaired) electrons. The van der Waals surface area contributed by atoms with Gasteiger partial charge in [-0.15, -0.1) is 0 Å². The number of hydrogen-bond donors (Lipinski definition) is 0. The molecule has 0 spiro atoms. The summed E-state index contributed by atoms with van der Waals surface area (Å²) < 4.78 is 63.5. The normalized spacial score (nSPS) is 12.5. The molecule has 3 rings (SSSR count). The molecule has 0 aliphatic heterocycles. The SMILES string of the molecule is CN(CC(c1ccc(OC(=O)c2ccc(C(F)(F)F)c(F)c2)cc1)c1nccn1C(=O)[O-])C(=O)OC(C)(C)C. The molecule has 3 aromatic rings. The molecule has 0 aliphatic carbocycles. The number of amides is 1. The summed E-state index contributed by atoms with van der Waals surface area (Å²) in [5.41, 5.74) is -2.25. The predicted molar refractivity (Wildman–Crippen MR) is 127 cm³/mol. The van der Waals surface area contributed by atoms with Crippen molar-refractivity contribution in [2.45, 2.75) is 38.5 Å². The number of likely N-dealkylation sites (N-methyl/N-ethyl adjacent to an activating group) is 1. The van der Waals surface area contributed by atoms with Crippen molar-refractivity contribution >= 4 is 18.2 Å². The molecule has 1 amide bonds. The second-order valence-electron chi connectivity index (χ2n) is 9.49. The average molecular weight is 550 g/mol. The van der Waals surface area contributed by atoms with Crippen molar-refractivity contribution in [3.8, 4) is 5.75 Å². The fourth-order valence-electron chi connectivity index (χ4n) is 3.56. The van der Waals surface area contributed by atoms with Gasteiger partial charge in [0.15, 0.2) is 0 Å². The maximum Gasteiger partial charge on any atom is 0.419 e. The van der Waals surface area contributed by atoms with Gasteiger partial charge in [0.05, 0.1) is 17.0 Å². The summed E-state index contributed by atoms with van der Waals surface area (Å²) in [5.74, 6) is -3.47. The van der Waals surface area contributed by atoms with Crippen LogP contribution in [-0.4, -0.2) is 51.8 Å². The monoisotopic (exact) mass is 550 g/mol. The van der Waals surface area contributed by atoms with Crippen LogP contribution in [0.2, 0.25) is 0 Å². The third-order valence-electron chi connectivity index (χ3n) is 5.34. The van der Waals surface area contributed by atoms with Gasteiger partial charge < -0.3 is 24.3 Å². The van der Waals surface area contributed by atoms with E-state index in [9.17, 15) is 37.1 Å². The maximum atomic E-state index is 13.8. The zero-order valence-electron chi connectivity index (χ0n) is 21.3. The van der Waals surface area contributed by atoms with Crippen molar-refractivity contribution in [1.82, 2.24) is 14.5 Å². The lowest BCUT2D eigenvalue weighted by Crippen LogP contribution is -2.38. The second kappa shape index (κ2) is 11.1. The van der Waals surface area contributed by atoms with E-state index in [1.165, 1.54) is 48.6 Å². The summed E-state index contributed by atoms with van der Waals surface area (Å²) in [4.78, 5) is 41.8. The lowest BCUT2D eigenvalue weighted by Gasteiger charge is -2.28. The number of halogens is 4. The number of benzene rings is 2. The number of nitrogens with zero attached hydrogens (tertiary/aromatic N) is 3. The Balaban J connectivity index is 1.85. The number of aromatic nitrogens is 2. The van der Waals surface area contributed by atoms with Crippen molar-refractivity contribution < 1.29 is 46.5 Å². The highest BCUT2D eigenvalue weighted by Crippen LogP contribution is 2.32. The van der Waals surface area contributed by atoms with Crippen LogP contribution in [0, 0.1) is 5.82 Å². The summed E-state index contributed by atoms with van der Waals surface area (Å²) in [5, 5.41) is 11.6. The van der Waals surface area contributed by atoms with Crippen LogP contribution in [0.4, 0.5) is 27.2 Å². The number of carboxylic acid groups (broad SMARTS) is 1. The van der Waals surface area contributed by atoms with Crippen molar-refractivity contribution in [2.24, 2.45) is 0 Å². The quantitative estimate of drug-likeness (QED) is 0.253. The van der Waals surface area contributed by atoms with Gasteiger partial charge in [-0.05, 0) is 56.7 Å². The highest BCUT2D eigenvalue weighted by atomic mass is 19.4. The number of esters is 1. The van der Waals surface area contributed by atoms with Crippen LogP contribution < -0.4 is 9.84 Å². The van der Waals surface area contributed by atoms with E-state index in [1.807, 2.05) is 0 Å². The average Bonchev–Trinajstić information content (AvgIpc) is 3.31. The first-order chi connectivity index (χ1) is 18.1. The molecule has 1 atom stereocenters. The van der Waals surface area contributed by atoms with Crippen LogP contribution in [0.1, 0.15) is 54.0 Å². The van der Waals surface area contributed by atoms with Crippen LogP contribution in [0.25, 0.3) is 0 Å². The number of alkyl halides is 3. The van der Waals surface area contributed by atoms with Crippen LogP contribution in [0.3, 0.4) is 0 Å². The summed E-state index contributed by atoms with van der Waals surface area (Å²) in [6.07, 6.45) is -4.67. The van der Waals surface area contributed by atoms with Gasteiger partial charge in [0.25, 0.3) is 0 Å². The van der Waals surface area contributed by atoms with Crippen molar-refractivity contribution in [1.29, 1.82) is 0 Å². The molecule has 0 fully saturated rings. The fourth-order valence-corrected chi connectivity index (χ4v) is 3.56. The molecule has 1 heterocycles. The van der Waals surface area contributed by atoms with Crippen LogP contribution in [-0.2, 0) is 10.9 Å². The minimum Gasteiger partial charge on any atom is -0.529 e. The third kappa shape index (κ3) is 7.33. The minimum absolute atomic E-state index is 0.0217. The van der Waals surface area contributed by atoms with Gasteiger partial charge >= 0.3 is 18.2 Å². The van der Waals surface area contributed by atoms with E-state index in [-0.39, 0.29) is 18.1 Å². The van der Waals surface area contributed by atoms with Crippen LogP contribution in [0.15, 0.2) is 54.9 Å². The first-order valence-electron chi connectivity index (χ1n) is 11.4. The molecule has 0 aliphatic rings. The molecule has 1 aromatic heterocycles. The molecule has 0 N–H and O–H groups in total. The molecular formula is C26H24F4N3O6-. The third-order valence-corrected chi connectivity index (χ3v) is 5.34. The van der Waals surface area contributed by atoms with Crippen molar-refractivity contribution in [2.75, 3.05) is 13.6 Å². The van der Waals surface area contributed by atoms with Gasteiger partial charge in [0, 0.05) is 26.0 Å². The molecule has 0 saturated heterocycles. The fraction of sp³-hybridized carbons (Fsp3) is 0.308. The van der Waals surface area contributed by atoms with Gasteiger partial charge in [-0.3, -0.25) is 4.57 Å². The van der Waals surface area contributed by atoms with Gasteiger partial charge in [-0.1, -0.05) is 12.1 Å². The molecule has 0 saturated carbocycles. The molecular weight excluding hydrogens is 526 g/mol. The zero-order chi connectivity index (χ0) is 29.1. The van der Waals surface area contributed by atoms with E-state index in [4.69, 9.17) is 9.47 Å². The first-order valence-corrected chi connectivity index (χ1v) is 11.4. The molecule has 39 heavy (non-hydrogen) atoms. The van der Waals surface area contributed by atoms with E-state index < -0.39 is 52.8 Å². The standard InChI is InChI=1S/C26H25F4N3O6/c1-25(2,3)39-24(37)32(4)14-18(21-31-11-12-33(21)23(35)36)15-5-8-17(9-6-15)38-22(34)16-7-10-19(20(27)13-16)26(28,29)30/h5-13,18H,14H2,1-4H3,(H,35,36)/p-1. The Bertz CT molecular complexity index is 1360. The van der Waals surface area contributed by atoms with Gasteiger partial charge in [-0.2, -0.15) is 13.2 Å². The van der Waals surface area contributed by atoms with E-state index in [0.29, 0.717) is 17.7 Å². The Kier molecular flexibility index (Phi) is 8.32. The number of carbonyl (C=O) groups is 3. The molecule has 0 bridgehead atoms. The summed E-state index contributed by atoms with van der Waals surface area (Å²) in [6.45, 7) is 5.03. The van der Waals surface area contributed by atoms with E-state index in [0.717, 1.165) is 10.6 Å². The number of rotatable bonds is 6. The van der Waals surface area contributed by atoms with Crippen molar-refractivity contribution in [3.05, 3.63) is 83.2 Å². The Labute approximate surface area is 220 Å². The Morgan fingerprint density at radius 3 is 2.26 bits per heavy atom. The van der Waals surface area contributed by atoms with Crippen LogP contribution in [0.5, 0.6) is 5.75 Å². The Hall–Kier alpha value is -4.42. The largest absolute Gasteiger partial charge is 0.529 e. The summed E-state index contributed by atoms with van der Waals surface area (Å²) in [6, 6.07) is 7.34. The Morgan fingerprint density at radius 2 is 1.72 bits per heavy atom. The minimum atomic E-state index is -4.91. The maximum absolute atomic E-state index is 13.8. The summed E-state index contributed by atoms with van der Waals surface area (Å²) >= 11 is 0. The number of hydrogen-bond acceptors (Lipinski definition) is 7. The van der Waals surface area contributed by atoms with Crippen LogP contribution >= 0.6 is 0 Å². The lowest BCUT2D eigenvalue weighted by molar-refractivity contribution is -0.250. The highest BCUT2D eigenvalue weighted by molar-refractivity contribution is 5.91. The van der Waals surface area contributed by atoms with E-state index in [1.54, 1.807) is 20.8 Å². The smallest absolute Gasteiger partial charge is 0.419 e. The molecule has 13 heteroatoms. The van der Waals surface area contributed by atoms with Gasteiger partial charge in [-0.25, -0.2) is 19.0 Å². The topological polar surface area (TPSA) is 114 Å². The molecule has 2 aromatic carbocycles. The molecule has 208 valence electrons. The number of imidazole rings is 1. The molecule has 1 unspecified atom stereocenters.